The lowest BCUT2D eigenvalue weighted by Gasteiger charge is -2.36. The molecule has 0 spiro atoms. The van der Waals surface area contributed by atoms with E-state index in [1.807, 2.05) is 31.3 Å². The van der Waals surface area contributed by atoms with Crippen molar-refractivity contribution in [1.82, 2.24) is 20.0 Å². The highest BCUT2D eigenvalue weighted by Gasteiger charge is 2.19. The van der Waals surface area contributed by atoms with Crippen LogP contribution in [0.25, 0.3) is 0 Å². The molecule has 1 aliphatic rings. The predicted molar refractivity (Wildman–Crippen MR) is 114 cm³/mol. The van der Waals surface area contributed by atoms with Crippen LogP contribution in [0.4, 0.5) is 0 Å². The van der Waals surface area contributed by atoms with Crippen molar-refractivity contribution in [2.45, 2.75) is 19.9 Å². The zero-order chi connectivity index (χ0) is 19.6. The van der Waals surface area contributed by atoms with E-state index in [1.54, 1.807) is 0 Å². The van der Waals surface area contributed by atoms with Gasteiger partial charge in [-0.25, -0.2) is 0 Å². The Labute approximate surface area is 169 Å². The number of nitrogens with zero attached hydrogens (tertiary/aromatic N) is 4. The summed E-state index contributed by atoms with van der Waals surface area (Å²) in [5.41, 5.74) is 0. The summed E-state index contributed by atoms with van der Waals surface area (Å²) in [4.78, 5) is 11.9. The number of ether oxygens (including phenoxy) is 1. The lowest BCUT2D eigenvalue weighted by Crippen LogP contribution is -2.49. The molecule has 7 heteroatoms. The first-order chi connectivity index (χ1) is 13.0. The van der Waals surface area contributed by atoms with E-state index < -0.39 is 0 Å². The molecule has 1 N–H and O–H groups in total. The number of hydrogen-bond acceptors (Lipinski definition) is 4. The Bertz CT molecular complexity index is 572. The van der Waals surface area contributed by atoms with Gasteiger partial charge < -0.3 is 19.9 Å². The number of halogens is 1. The molecule has 1 aliphatic heterocycles. The van der Waals surface area contributed by atoms with Crippen molar-refractivity contribution >= 4 is 17.6 Å². The van der Waals surface area contributed by atoms with Crippen LogP contribution >= 0.6 is 11.6 Å². The highest BCUT2D eigenvalue weighted by atomic mass is 35.5. The zero-order valence-corrected chi connectivity index (χ0v) is 17.9. The van der Waals surface area contributed by atoms with E-state index in [2.05, 4.69) is 40.9 Å². The minimum Gasteiger partial charge on any atom is -0.492 e. The second-order valence-corrected chi connectivity index (χ2v) is 7.54. The Hall–Kier alpha value is -1.50. The van der Waals surface area contributed by atoms with Crippen LogP contribution in [-0.2, 0) is 0 Å². The van der Waals surface area contributed by atoms with Crippen LogP contribution in [0, 0.1) is 0 Å². The van der Waals surface area contributed by atoms with Crippen LogP contribution in [0.1, 0.15) is 13.8 Å². The van der Waals surface area contributed by atoms with Crippen LogP contribution < -0.4 is 10.1 Å². The molecule has 1 unspecified atom stereocenters. The van der Waals surface area contributed by atoms with Crippen molar-refractivity contribution in [1.29, 1.82) is 0 Å². The van der Waals surface area contributed by atoms with E-state index in [1.165, 1.54) is 0 Å². The Morgan fingerprint density at radius 3 is 2.56 bits per heavy atom. The molecule has 1 saturated heterocycles. The zero-order valence-electron chi connectivity index (χ0n) is 17.1. The average molecular weight is 396 g/mol. The van der Waals surface area contributed by atoms with Gasteiger partial charge in [-0.1, -0.05) is 11.6 Å². The standard InChI is InChI=1S/C20H34ClN5O/c1-5-22-20(23-16-17(2)26-12-10-24(3)11-13-26)25(4)14-15-27-19-8-6-18(21)7-9-19/h6-9,17H,5,10-16H2,1-4H3,(H,22,23). The van der Waals surface area contributed by atoms with E-state index >= 15 is 0 Å². The van der Waals surface area contributed by atoms with E-state index in [9.17, 15) is 0 Å². The number of rotatable bonds is 8. The molecular formula is C20H34ClN5O. The Morgan fingerprint density at radius 2 is 1.93 bits per heavy atom. The largest absolute Gasteiger partial charge is 0.492 e. The SMILES string of the molecule is CCNC(=NCC(C)N1CCN(C)CC1)N(C)CCOc1ccc(Cl)cc1. The van der Waals surface area contributed by atoms with Gasteiger partial charge in [-0.05, 0) is 45.2 Å². The number of nitrogens with one attached hydrogen (secondary N) is 1. The van der Waals surface area contributed by atoms with Gasteiger partial charge in [0.2, 0.25) is 0 Å². The molecule has 1 atom stereocenters. The lowest BCUT2D eigenvalue weighted by atomic mass is 10.2. The number of likely N-dealkylation sites (N-methyl/N-ethyl adjacent to an activating group) is 2. The molecule has 1 aromatic carbocycles. The summed E-state index contributed by atoms with van der Waals surface area (Å²) in [7, 11) is 4.23. The number of benzene rings is 1. The minimum absolute atomic E-state index is 0.450. The maximum Gasteiger partial charge on any atom is 0.193 e. The molecule has 0 radical (unpaired) electrons. The first-order valence-corrected chi connectivity index (χ1v) is 10.2. The molecule has 1 aromatic rings. The van der Waals surface area contributed by atoms with Crippen molar-refractivity contribution in [3.8, 4) is 5.75 Å². The second-order valence-electron chi connectivity index (χ2n) is 7.11. The summed E-state index contributed by atoms with van der Waals surface area (Å²) in [6, 6.07) is 7.90. The second kappa shape index (κ2) is 11.4. The van der Waals surface area contributed by atoms with Gasteiger partial charge in [-0.15, -0.1) is 0 Å². The van der Waals surface area contributed by atoms with Crippen LogP contribution in [-0.4, -0.2) is 93.2 Å². The number of hydrogen-bond donors (Lipinski definition) is 1. The van der Waals surface area contributed by atoms with Crippen LogP contribution in [0.15, 0.2) is 29.3 Å². The summed E-state index contributed by atoms with van der Waals surface area (Å²) in [5.74, 6) is 1.76. The fraction of sp³-hybridized carbons (Fsp3) is 0.650. The van der Waals surface area contributed by atoms with Crippen LogP contribution in [0.3, 0.4) is 0 Å². The van der Waals surface area contributed by atoms with Gasteiger partial charge >= 0.3 is 0 Å². The Balaban J connectivity index is 1.80. The predicted octanol–water partition coefficient (Wildman–Crippen LogP) is 2.25. The van der Waals surface area contributed by atoms with Gasteiger partial charge in [0.1, 0.15) is 12.4 Å². The molecule has 2 rings (SSSR count). The third-order valence-electron chi connectivity index (χ3n) is 4.87. The van der Waals surface area contributed by atoms with Crippen LogP contribution in [0.5, 0.6) is 5.75 Å². The summed E-state index contributed by atoms with van der Waals surface area (Å²) >= 11 is 5.90. The molecule has 0 aromatic heterocycles. The average Bonchev–Trinajstić information content (AvgIpc) is 2.67. The van der Waals surface area contributed by atoms with Crippen molar-refractivity contribution < 1.29 is 4.74 Å². The molecule has 1 fully saturated rings. The Kier molecular flexibility index (Phi) is 9.18. The molecule has 0 bridgehead atoms. The fourth-order valence-electron chi connectivity index (χ4n) is 3.00. The van der Waals surface area contributed by atoms with Crippen molar-refractivity contribution in [2.75, 3.05) is 66.5 Å². The van der Waals surface area contributed by atoms with Crippen LogP contribution in [0.2, 0.25) is 5.02 Å². The van der Waals surface area contributed by atoms with E-state index in [0.29, 0.717) is 12.6 Å². The third-order valence-corrected chi connectivity index (χ3v) is 5.12. The van der Waals surface area contributed by atoms with Gasteiger partial charge in [-0.2, -0.15) is 0 Å². The quantitative estimate of drug-likeness (QED) is 0.540. The molecular weight excluding hydrogens is 362 g/mol. The van der Waals surface area contributed by atoms with Crippen molar-refractivity contribution in [2.24, 2.45) is 4.99 Å². The number of piperazine rings is 1. The minimum atomic E-state index is 0.450. The van der Waals surface area contributed by atoms with E-state index in [-0.39, 0.29) is 0 Å². The van der Waals surface area contributed by atoms with Gasteiger partial charge in [-0.3, -0.25) is 9.89 Å². The lowest BCUT2D eigenvalue weighted by molar-refractivity contribution is 0.122. The fourth-order valence-corrected chi connectivity index (χ4v) is 3.13. The summed E-state index contributed by atoms with van der Waals surface area (Å²) < 4.78 is 5.79. The van der Waals surface area contributed by atoms with Gasteiger partial charge in [0.25, 0.3) is 0 Å². The molecule has 6 nitrogen and oxygen atoms in total. The highest BCUT2D eigenvalue weighted by Crippen LogP contribution is 2.15. The number of guanidine groups is 1. The normalized spacial score (nSPS) is 17.6. The summed E-state index contributed by atoms with van der Waals surface area (Å²) in [5, 5.41) is 4.10. The van der Waals surface area contributed by atoms with E-state index in [4.69, 9.17) is 21.3 Å². The van der Waals surface area contributed by atoms with Crippen molar-refractivity contribution in [3.63, 3.8) is 0 Å². The molecule has 152 valence electrons. The monoisotopic (exact) mass is 395 g/mol. The highest BCUT2D eigenvalue weighted by molar-refractivity contribution is 6.30. The third kappa shape index (κ3) is 7.56. The van der Waals surface area contributed by atoms with Gasteiger partial charge in [0.15, 0.2) is 5.96 Å². The summed E-state index contributed by atoms with van der Waals surface area (Å²) in [6.07, 6.45) is 0. The summed E-state index contributed by atoms with van der Waals surface area (Å²) in [6.45, 7) is 11.9. The first kappa shape index (κ1) is 21.8. The molecule has 0 amide bonds. The molecule has 27 heavy (non-hydrogen) atoms. The van der Waals surface area contributed by atoms with Crippen molar-refractivity contribution in [3.05, 3.63) is 29.3 Å². The van der Waals surface area contributed by atoms with Gasteiger partial charge in [0, 0.05) is 50.8 Å². The maximum atomic E-state index is 5.90. The topological polar surface area (TPSA) is 43.3 Å². The number of aliphatic imine (C=N–C) groups is 1. The first-order valence-electron chi connectivity index (χ1n) is 9.80. The molecule has 1 heterocycles. The molecule has 0 aliphatic carbocycles. The van der Waals surface area contributed by atoms with Gasteiger partial charge in [0.05, 0.1) is 13.1 Å². The van der Waals surface area contributed by atoms with E-state index in [0.717, 1.165) is 62.5 Å². The smallest absolute Gasteiger partial charge is 0.193 e. The maximum absolute atomic E-state index is 5.90. The Morgan fingerprint density at radius 1 is 1.26 bits per heavy atom. The molecule has 0 saturated carbocycles.